The Bertz CT molecular complexity index is 997. The third kappa shape index (κ3) is 2.95. The van der Waals surface area contributed by atoms with E-state index in [0.717, 1.165) is 12.3 Å². The van der Waals surface area contributed by atoms with Gasteiger partial charge in [-0.2, -0.15) is 4.57 Å². The number of para-hydroxylation sites is 1. The molecule has 26 heavy (non-hydrogen) atoms. The second kappa shape index (κ2) is 7.04. The largest absolute Gasteiger partial charge is 0.494 e. The molecular weight excluding hydrogens is 340 g/mol. The van der Waals surface area contributed by atoms with Gasteiger partial charge in [-0.05, 0) is 44.2 Å². The minimum absolute atomic E-state index is 0.680. The topological polar surface area (TPSA) is 16.4 Å². The lowest BCUT2D eigenvalue weighted by Crippen LogP contribution is -2.33. The van der Waals surface area contributed by atoms with E-state index in [0.29, 0.717) is 6.61 Å². The highest BCUT2D eigenvalue weighted by Gasteiger charge is 2.24. The van der Waals surface area contributed by atoms with Crippen molar-refractivity contribution in [3.8, 4) is 5.75 Å². The number of hydrogen-bond donors (Lipinski definition) is 0. The number of benzene rings is 2. The third-order valence-corrected chi connectivity index (χ3v) is 5.83. The van der Waals surface area contributed by atoms with E-state index in [1.165, 1.54) is 32.2 Å². The van der Waals surface area contributed by atoms with E-state index in [4.69, 9.17) is 4.74 Å². The Morgan fingerprint density at radius 3 is 2.69 bits per heavy atom. The monoisotopic (exact) mass is 363 g/mol. The Kier molecular flexibility index (Phi) is 4.60. The minimum atomic E-state index is 0.680. The number of pyridine rings is 1. The fraction of sp³-hybridized carbons (Fsp3) is 0.227. The molecule has 132 valence electrons. The molecule has 0 atom stereocenters. The first kappa shape index (κ1) is 17.0. The van der Waals surface area contributed by atoms with Crippen molar-refractivity contribution in [2.45, 2.75) is 18.7 Å². The highest BCUT2D eigenvalue weighted by atomic mass is 32.2. The number of fused-ring (bicyclic) bond motifs is 2. The summed E-state index contributed by atoms with van der Waals surface area (Å²) < 4.78 is 7.92. The number of aryl methyl sites for hydroxylation is 1. The predicted molar refractivity (Wildman–Crippen MR) is 110 cm³/mol. The highest BCUT2D eigenvalue weighted by molar-refractivity contribution is 8.03. The summed E-state index contributed by atoms with van der Waals surface area (Å²) in [7, 11) is 2.12. The van der Waals surface area contributed by atoms with Crippen molar-refractivity contribution in [1.29, 1.82) is 0 Å². The van der Waals surface area contributed by atoms with Gasteiger partial charge in [0.15, 0.2) is 0 Å². The zero-order chi connectivity index (χ0) is 18.1. The van der Waals surface area contributed by atoms with Crippen molar-refractivity contribution in [1.82, 2.24) is 0 Å². The van der Waals surface area contributed by atoms with Gasteiger partial charge in [-0.3, -0.25) is 0 Å². The molecule has 0 amide bonds. The quantitative estimate of drug-likeness (QED) is 0.607. The predicted octanol–water partition coefficient (Wildman–Crippen LogP) is 4.99. The van der Waals surface area contributed by atoms with Crippen LogP contribution in [-0.4, -0.2) is 13.2 Å². The molecule has 0 bridgehead atoms. The fourth-order valence-electron chi connectivity index (χ4n) is 3.40. The van der Waals surface area contributed by atoms with Crippen LogP contribution in [0.4, 0.5) is 5.69 Å². The van der Waals surface area contributed by atoms with E-state index in [1.807, 2.05) is 24.8 Å². The van der Waals surface area contributed by atoms with Crippen molar-refractivity contribution in [3.63, 3.8) is 0 Å². The van der Waals surface area contributed by atoms with Crippen LogP contribution in [0.2, 0.25) is 0 Å². The molecule has 1 aromatic heterocycles. The van der Waals surface area contributed by atoms with Gasteiger partial charge in [0.05, 0.1) is 23.4 Å². The Morgan fingerprint density at radius 1 is 1.08 bits per heavy atom. The number of thioether (sulfide) groups is 1. The molecule has 2 heterocycles. The van der Waals surface area contributed by atoms with Crippen molar-refractivity contribution >= 4 is 34.4 Å². The third-order valence-electron chi connectivity index (χ3n) is 4.72. The average molecular weight is 364 g/mol. The van der Waals surface area contributed by atoms with Gasteiger partial charge in [-0.15, -0.1) is 0 Å². The maximum Gasteiger partial charge on any atom is 0.216 e. The van der Waals surface area contributed by atoms with Crippen LogP contribution in [-0.2, 0) is 7.05 Å². The maximum atomic E-state index is 5.68. The molecule has 0 fully saturated rings. The standard InChI is InChI=1S/C22H23N2OS/c1-4-24-19-8-6-7-9-21(19)26-22(24)14-17-12-10-16-11-13-18(25-5-2)15-20(16)23(17)3/h6-15H,4-5H2,1-3H3/q+1. The second-order valence-electron chi connectivity index (χ2n) is 6.27. The van der Waals surface area contributed by atoms with Crippen LogP contribution in [0.15, 0.2) is 64.5 Å². The molecule has 0 radical (unpaired) electrons. The number of ether oxygens (including phenoxy) is 1. The first-order valence-electron chi connectivity index (χ1n) is 9.03. The lowest BCUT2D eigenvalue weighted by Gasteiger charge is -2.17. The normalized spacial score (nSPS) is 14.9. The van der Waals surface area contributed by atoms with Gasteiger partial charge in [0.25, 0.3) is 0 Å². The molecule has 0 unspecified atom stereocenters. The summed E-state index contributed by atoms with van der Waals surface area (Å²) in [5, 5.41) is 2.48. The summed E-state index contributed by atoms with van der Waals surface area (Å²) in [5.74, 6) is 0.915. The summed E-state index contributed by atoms with van der Waals surface area (Å²) >= 11 is 1.84. The number of rotatable bonds is 4. The van der Waals surface area contributed by atoms with Crippen LogP contribution < -0.4 is 14.2 Å². The number of nitrogens with zero attached hydrogens (tertiary/aromatic N) is 2. The Labute approximate surface area is 158 Å². The smallest absolute Gasteiger partial charge is 0.216 e. The first-order chi connectivity index (χ1) is 12.7. The van der Waals surface area contributed by atoms with E-state index in [1.54, 1.807) is 0 Å². The van der Waals surface area contributed by atoms with Gasteiger partial charge < -0.3 is 9.64 Å². The van der Waals surface area contributed by atoms with Crippen molar-refractivity contribution in [2.75, 3.05) is 18.1 Å². The SMILES string of the molecule is CCOc1ccc2ccc(C=C3Sc4ccccc4N3CC)[n+](C)c2c1. The molecule has 0 N–H and O–H groups in total. The highest BCUT2D eigenvalue weighted by Crippen LogP contribution is 2.46. The summed E-state index contributed by atoms with van der Waals surface area (Å²) in [5.41, 5.74) is 3.65. The fourth-order valence-corrected chi connectivity index (χ4v) is 4.57. The Hall–Kier alpha value is -2.46. The molecule has 0 saturated carbocycles. The van der Waals surface area contributed by atoms with E-state index in [9.17, 15) is 0 Å². The number of hydrogen-bond acceptors (Lipinski definition) is 3. The van der Waals surface area contributed by atoms with Gasteiger partial charge in [0, 0.05) is 29.0 Å². The zero-order valence-corrected chi connectivity index (χ0v) is 16.2. The van der Waals surface area contributed by atoms with Gasteiger partial charge in [-0.25, -0.2) is 0 Å². The van der Waals surface area contributed by atoms with Gasteiger partial charge in [-0.1, -0.05) is 23.9 Å². The summed E-state index contributed by atoms with van der Waals surface area (Å²) in [6.45, 7) is 5.85. The Morgan fingerprint density at radius 2 is 1.88 bits per heavy atom. The Balaban J connectivity index is 1.77. The average Bonchev–Trinajstić information content (AvgIpc) is 3.01. The van der Waals surface area contributed by atoms with Crippen molar-refractivity contribution in [3.05, 3.63) is 65.3 Å². The van der Waals surface area contributed by atoms with E-state index in [2.05, 4.69) is 78.0 Å². The van der Waals surface area contributed by atoms with Crippen LogP contribution in [0.1, 0.15) is 19.5 Å². The molecule has 0 aliphatic carbocycles. The van der Waals surface area contributed by atoms with Gasteiger partial charge in [0.1, 0.15) is 12.8 Å². The molecule has 1 aliphatic heterocycles. The second-order valence-corrected chi connectivity index (χ2v) is 7.33. The van der Waals surface area contributed by atoms with Crippen LogP contribution in [0.3, 0.4) is 0 Å². The molecule has 4 rings (SSSR count). The van der Waals surface area contributed by atoms with Crippen LogP contribution in [0.5, 0.6) is 5.75 Å². The number of aromatic nitrogens is 1. The summed E-state index contributed by atoms with van der Waals surface area (Å²) in [4.78, 5) is 3.70. The molecule has 0 spiro atoms. The molecule has 4 heteroatoms. The summed E-state index contributed by atoms with van der Waals surface area (Å²) in [6, 6.07) is 19.2. The van der Waals surface area contributed by atoms with Gasteiger partial charge in [0.2, 0.25) is 11.2 Å². The molecular formula is C22H23N2OS+. The first-order valence-corrected chi connectivity index (χ1v) is 9.84. The molecule has 0 saturated heterocycles. The zero-order valence-electron chi connectivity index (χ0n) is 15.4. The molecule has 3 nitrogen and oxygen atoms in total. The summed E-state index contributed by atoms with van der Waals surface area (Å²) in [6.07, 6.45) is 2.28. The number of anilines is 1. The molecule has 1 aliphatic rings. The van der Waals surface area contributed by atoms with Crippen LogP contribution in [0.25, 0.3) is 17.0 Å². The molecule has 2 aromatic carbocycles. The lowest BCUT2D eigenvalue weighted by molar-refractivity contribution is -0.646. The van der Waals surface area contributed by atoms with E-state index >= 15 is 0 Å². The van der Waals surface area contributed by atoms with Crippen molar-refractivity contribution in [2.24, 2.45) is 7.05 Å². The van der Waals surface area contributed by atoms with Crippen molar-refractivity contribution < 1.29 is 9.30 Å². The maximum absolute atomic E-state index is 5.68. The van der Waals surface area contributed by atoms with E-state index < -0.39 is 0 Å². The molecule has 3 aromatic rings. The van der Waals surface area contributed by atoms with Crippen LogP contribution in [0, 0.1) is 0 Å². The van der Waals surface area contributed by atoms with Crippen LogP contribution >= 0.6 is 11.8 Å². The van der Waals surface area contributed by atoms with Gasteiger partial charge >= 0.3 is 0 Å². The van der Waals surface area contributed by atoms with E-state index in [-0.39, 0.29) is 0 Å². The lowest BCUT2D eigenvalue weighted by atomic mass is 10.1. The minimum Gasteiger partial charge on any atom is -0.494 e.